The average molecular weight is 461 g/mol. The molecule has 0 aliphatic heterocycles. The second kappa shape index (κ2) is 10.7. The molecule has 10 heteroatoms. The van der Waals surface area contributed by atoms with Crippen LogP contribution in [0.4, 0.5) is 10.1 Å². The van der Waals surface area contributed by atoms with E-state index in [-0.39, 0.29) is 18.3 Å². The highest BCUT2D eigenvalue weighted by Gasteiger charge is 2.12. The largest absolute Gasteiger partial charge is 0.484 e. The summed E-state index contributed by atoms with van der Waals surface area (Å²) >= 11 is 7.43. The minimum absolute atomic E-state index is 0.162. The number of carbonyl (C=O) groups is 1. The number of thioether (sulfide) groups is 1. The lowest BCUT2D eigenvalue weighted by atomic mass is 10.2. The number of amides is 1. The van der Waals surface area contributed by atoms with Gasteiger partial charge in [-0.15, -0.1) is 0 Å². The van der Waals surface area contributed by atoms with Crippen molar-refractivity contribution in [2.24, 2.45) is 0 Å². The van der Waals surface area contributed by atoms with Crippen LogP contribution in [0.2, 0.25) is 5.02 Å². The molecule has 0 fully saturated rings. The number of sulfonamides is 1. The summed E-state index contributed by atoms with van der Waals surface area (Å²) in [5.41, 5.74) is 0.954. The van der Waals surface area contributed by atoms with Crippen LogP contribution in [-0.2, 0) is 20.6 Å². The first-order chi connectivity index (χ1) is 13.7. The molecule has 29 heavy (non-hydrogen) atoms. The SMILES string of the molecule is CN(c1ccc(OCC(=O)NCCSCc2c(F)cccc2Cl)cc1)S(C)(=O)=O. The number of hydrogen-bond acceptors (Lipinski definition) is 5. The third kappa shape index (κ3) is 7.41. The third-order valence-electron chi connectivity index (χ3n) is 3.94. The molecule has 0 aromatic heterocycles. The Bertz CT molecular complexity index is 919. The molecule has 0 unspecified atom stereocenters. The lowest BCUT2D eigenvalue weighted by Crippen LogP contribution is -2.30. The molecular weight excluding hydrogens is 439 g/mol. The Balaban J connectivity index is 1.68. The van der Waals surface area contributed by atoms with Crippen LogP contribution in [0.25, 0.3) is 0 Å². The molecule has 0 saturated heterocycles. The number of benzene rings is 2. The number of rotatable bonds is 10. The van der Waals surface area contributed by atoms with Gasteiger partial charge < -0.3 is 10.1 Å². The van der Waals surface area contributed by atoms with Gasteiger partial charge in [-0.3, -0.25) is 9.10 Å². The zero-order chi connectivity index (χ0) is 21.4. The van der Waals surface area contributed by atoms with Gasteiger partial charge in [0.25, 0.3) is 5.91 Å². The topological polar surface area (TPSA) is 75.7 Å². The second-order valence-corrected chi connectivity index (χ2v) is 9.64. The van der Waals surface area contributed by atoms with Crippen molar-refractivity contribution in [3.8, 4) is 5.75 Å². The van der Waals surface area contributed by atoms with E-state index >= 15 is 0 Å². The van der Waals surface area contributed by atoms with Crippen molar-refractivity contribution < 1.29 is 22.3 Å². The van der Waals surface area contributed by atoms with E-state index in [0.717, 1.165) is 10.6 Å². The quantitative estimate of drug-likeness (QED) is 0.550. The smallest absolute Gasteiger partial charge is 0.257 e. The van der Waals surface area contributed by atoms with Crippen LogP contribution >= 0.6 is 23.4 Å². The van der Waals surface area contributed by atoms with Gasteiger partial charge >= 0.3 is 0 Å². The second-order valence-electron chi connectivity index (χ2n) is 6.12. The summed E-state index contributed by atoms with van der Waals surface area (Å²) < 4.78 is 43.2. The first-order valence-corrected chi connectivity index (χ1v) is 12.0. The Morgan fingerprint density at radius 3 is 2.55 bits per heavy atom. The van der Waals surface area contributed by atoms with Crippen LogP contribution in [0.1, 0.15) is 5.56 Å². The van der Waals surface area contributed by atoms with Crippen LogP contribution in [0.15, 0.2) is 42.5 Å². The van der Waals surface area contributed by atoms with Crippen molar-refractivity contribution in [1.82, 2.24) is 5.32 Å². The fourth-order valence-corrected chi connectivity index (χ4v) is 3.95. The Hall–Kier alpha value is -1.97. The van der Waals surface area contributed by atoms with Gasteiger partial charge in [0.05, 0.1) is 11.9 Å². The Morgan fingerprint density at radius 2 is 1.93 bits per heavy atom. The molecule has 2 aromatic rings. The number of halogens is 2. The van der Waals surface area contributed by atoms with E-state index in [2.05, 4.69) is 5.32 Å². The summed E-state index contributed by atoms with van der Waals surface area (Å²) in [5, 5.41) is 3.11. The number of nitrogens with zero attached hydrogens (tertiary/aromatic N) is 1. The highest BCUT2D eigenvalue weighted by atomic mass is 35.5. The molecule has 158 valence electrons. The molecule has 0 spiro atoms. The minimum atomic E-state index is -3.33. The maximum atomic E-state index is 13.7. The van der Waals surface area contributed by atoms with Crippen LogP contribution in [0.3, 0.4) is 0 Å². The lowest BCUT2D eigenvalue weighted by Gasteiger charge is -2.16. The third-order valence-corrected chi connectivity index (χ3v) is 6.49. The summed E-state index contributed by atoms with van der Waals surface area (Å²) in [7, 11) is -1.88. The van der Waals surface area contributed by atoms with Crippen molar-refractivity contribution >= 4 is 45.0 Å². The van der Waals surface area contributed by atoms with Gasteiger partial charge in [0.15, 0.2) is 6.61 Å². The predicted octanol–water partition coefficient (Wildman–Crippen LogP) is 3.30. The molecule has 6 nitrogen and oxygen atoms in total. The zero-order valence-electron chi connectivity index (χ0n) is 16.0. The van der Waals surface area contributed by atoms with Crippen molar-refractivity contribution in [3.63, 3.8) is 0 Å². The van der Waals surface area contributed by atoms with Crippen molar-refractivity contribution in [3.05, 3.63) is 58.9 Å². The fourth-order valence-electron chi connectivity index (χ4n) is 2.25. The maximum Gasteiger partial charge on any atom is 0.257 e. The normalized spacial score (nSPS) is 11.2. The maximum absolute atomic E-state index is 13.7. The van der Waals surface area contributed by atoms with Crippen LogP contribution in [0, 0.1) is 5.82 Å². The monoisotopic (exact) mass is 460 g/mol. The van der Waals surface area contributed by atoms with E-state index < -0.39 is 10.0 Å². The average Bonchev–Trinajstić information content (AvgIpc) is 2.67. The van der Waals surface area contributed by atoms with E-state index in [9.17, 15) is 17.6 Å². The fraction of sp³-hybridized carbons (Fsp3) is 0.316. The number of ether oxygens (including phenoxy) is 1. The van der Waals surface area contributed by atoms with Crippen molar-refractivity contribution in [1.29, 1.82) is 0 Å². The van der Waals surface area contributed by atoms with Crippen molar-refractivity contribution in [2.75, 3.05) is 36.5 Å². The summed E-state index contributed by atoms with van der Waals surface area (Å²) in [4.78, 5) is 11.9. The molecule has 0 atom stereocenters. The summed E-state index contributed by atoms with van der Waals surface area (Å²) in [6.07, 6.45) is 1.12. The van der Waals surface area contributed by atoms with Gasteiger partial charge in [0, 0.05) is 35.7 Å². The van der Waals surface area contributed by atoms with Gasteiger partial charge in [0.2, 0.25) is 10.0 Å². The van der Waals surface area contributed by atoms with Gasteiger partial charge in [-0.2, -0.15) is 11.8 Å². The van der Waals surface area contributed by atoms with E-state index in [4.69, 9.17) is 16.3 Å². The molecule has 2 rings (SSSR count). The van der Waals surface area contributed by atoms with Crippen LogP contribution in [-0.4, -0.2) is 46.5 Å². The summed E-state index contributed by atoms with van der Waals surface area (Å²) in [5.74, 6) is 0.854. The Kier molecular flexibility index (Phi) is 8.60. The first-order valence-electron chi connectivity index (χ1n) is 8.62. The molecule has 1 amide bonds. The lowest BCUT2D eigenvalue weighted by molar-refractivity contribution is -0.122. The van der Waals surface area contributed by atoms with Gasteiger partial charge in [-0.05, 0) is 36.4 Å². The van der Waals surface area contributed by atoms with Crippen LogP contribution < -0.4 is 14.4 Å². The Morgan fingerprint density at radius 1 is 1.24 bits per heavy atom. The summed E-state index contributed by atoms with van der Waals surface area (Å²) in [6, 6.07) is 11.0. The molecule has 0 aliphatic rings. The van der Waals surface area contributed by atoms with E-state index in [1.807, 2.05) is 0 Å². The Labute approximate surface area is 179 Å². The number of carbonyl (C=O) groups excluding carboxylic acids is 1. The van der Waals surface area contributed by atoms with E-state index in [1.165, 1.54) is 24.9 Å². The molecule has 0 radical (unpaired) electrons. The number of anilines is 1. The minimum Gasteiger partial charge on any atom is -0.484 e. The van der Waals surface area contributed by atoms with Gasteiger partial charge in [-0.25, -0.2) is 12.8 Å². The molecule has 0 heterocycles. The molecule has 1 N–H and O–H groups in total. The summed E-state index contributed by atoms with van der Waals surface area (Å²) in [6.45, 7) is 0.252. The standard InChI is InChI=1S/C19H22ClFN2O4S2/c1-23(29(2,25)26)14-6-8-15(9-7-14)27-12-19(24)22-10-11-28-13-16-17(20)4-3-5-18(16)21/h3-9H,10-13H2,1-2H3,(H,22,24). The molecular formula is C19H22ClFN2O4S2. The number of nitrogens with one attached hydrogen (secondary N) is 1. The first kappa shape index (κ1) is 23.3. The highest BCUT2D eigenvalue weighted by molar-refractivity contribution is 7.98. The highest BCUT2D eigenvalue weighted by Crippen LogP contribution is 2.23. The van der Waals surface area contributed by atoms with E-state index in [0.29, 0.717) is 40.1 Å². The van der Waals surface area contributed by atoms with Gasteiger partial charge in [0.1, 0.15) is 11.6 Å². The van der Waals surface area contributed by atoms with Crippen LogP contribution in [0.5, 0.6) is 5.75 Å². The molecule has 0 saturated carbocycles. The zero-order valence-corrected chi connectivity index (χ0v) is 18.4. The van der Waals surface area contributed by atoms with Crippen molar-refractivity contribution in [2.45, 2.75) is 5.75 Å². The molecule has 0 aliphatic carbocycles. The molecule has 2 aromatic carbocycles. The number of hydrogen-bond donors (Lipinski definition) is 1. The van der Waals surface area contributed by atoms with E-state index in [1.54, 1.807) is 36.4 Å². The van der Waals surface area contributed by atoms with Gasteiger partial charge in [-0.1, -0.05) is 17.7 Å². The molecule has 0 bridgehead atoms. The predicted molar refractivity (Wildman–Crippen MR) is 116 cm³/mol.